The van der Waals surface area contributed by atoms with Gasteiger partial charge in [0.25, 0.3) is 0 Å². The summed E-state index contributed by atoms with van der Waals surface area (Å²) in [4.78, 5) is 21.3. The lowest BCUT2D eigenvalue weighted by molar-refractivity contribution is -0.122. The lowest BCUT2D eigenvalue weighted by Crippen LogP contribution is -2.36. The number of pyridine rings is 1. The quantitative estimate of drug-likeness (QED) is 0.200. The Labute approximate surface area is 205 Å². The van der Waals surface area contributed by atoms with Gasteiger partial charge in [-0.2, -0.15) is 13.2 Å². The van der Waals surface area contributed by atoms with Crippen LogP contribution in [0.3, 0.4) is 0 Å². The van der Waals surface area contributed by atoms with E-state index in [1.807, 2.05) is 4.40 Å². The highest BCUT2D eigenvalue weighted by atomic mass is 32.2. The maximum Gasteiger partial charge on any atom is 0.405 e. The van der Waals surface area contributed by atoms with Crippen LogP contribution in [-0.2, 0) is 14.7 Å². The SMILES string of the molecule is CS(=O)(=O)CCNCCO/N=C/c1ccn2c(-c3cccc(NC(=O)NCC(F)(F)F)c3)cnc2c1. The third kappa shape index (κ3) is 8.85. The Hall–Kier alpha value is -3.65. The van der Waals surface area contributed by atoms with E-state index in [1.165, 1.54) is 12.5 Å². The molecule has 0 unspecified atom stereocenters. The number of anilines is 1. The third-order valence-electron chi connectivity index (χ3n) is 4.70. The number of hydrogen-bond donors (Lipinski definition) is 3. The van der Waals surface area contributed by atoms with Crippen molar-refractivity contribution in [2.24, 2.45) is 5.16 Å². The van der Waals surface area contributed by atoms with Gasteiger partial charge in [0.15, 0.2) is 0 Å². The minimum Gasteiger partial charge on any atom is -0.394 e. The summed E-state index contributed by atoms with van der Waals surface area (Å²) in [5.74, 6) is 0.0562. The smallest absolute Gasteiger partial charge is 0.394 e. The first kappa shape index (κ1) is 26.9. The summed E-state index contributed by atoms with van der Waals surface area (Å²) in [5, 5.41) is 11.0. The molecule has 3 rings (SSSR count). The molecule has 194 valence electrons. The number of halogens is 3. The second-order valence-electron chi connectivity index (χ2n) is 7.78. The fourth-order valence-electron chi connectivity index (χ4n) is 3.05. The van der Waals surface area contributed by atoms with Crippen LogP contribution in [0.5, 0.6) is 0 Å². The Morgan fingerprint density at radius 2 is 2.03 bits per heavy atom. The summed E-state index contributed by atoms with van der Waals surface area (Å²) in [6.45, 7) is -0.359. The van der Waals surface area contributed by atoms with Crippen molar-refractivity contribution in [3.05, 3.63) is 54.4 Å². The number of nitrogens with zero attached hydrogens (tertiary/aromatic N) is 3. The normalized spacial score (nSPS) is 12.2. The Balaban J connectivity index is 1.57. The number of rotatable bonds is 11. The van der Waals surface area contributed by atoms with Crippen molar-refractivity contribution in [1.29, 1.82) is 0 Å². The molecule has 0 aliphatic rings. The molecule has 2 aromatic heterocycles. The Morgan fingerprint density at radius 3 is 2.78 bits per heavy atom. The molecular weight excluding hydrogens is 501 g/mol. The second kappa shape index (κ2) is 11.9. The zero-order valence-electron chi connectivity index (χ0n) is 19.2. The Bertz CT molecular complexity index is 1320. The van der Waals surface area contributed by atoms with E-state index >= 15 is 0 Å². The van der Waals surface area contributed by atoms with Crippen LogP contribution >= 0.6 is 0 Å². The molecule has 3 aromatic rings. The van der Waals surface area contributed by atoms with Crippen LogP contribution in [0.1, 0.15) is 5.56 Å². The van der Waals surface area contributed by atoms with Gasteiger partial charge in [0.05, 0.1) is 23.9 Å². The highest BCUT2D eigenvalue weighted by molar-refractivity contribution is 7.90. The Kier molecular flexibility index (Phi) is 8.88. The van der Waals surface area contributed by atoms with Crippen molar-refractivity contribution in [1.82, 2.24) is 20.0 Å². The summed E-state index contributed by atoms with van der Waals surface area (Å²) in [7, 11) is -3.00. The molecule has 14 heteroatoms. The van der Waals surface area contributed by atoms with E-state index in [1.54, 1.807) is 54.1 Å². The number of fused-ring (bicyclic) bond motifs is 1. The lowest BCUT2D eigenvalue weighted by atomic mass is 10.1. The number of carbonyl (C=O) groups is 1. The van der Waals surface area contributed by atoms with Gasteiger partial charge < -0.3 is 20.8 Å². The number of urea groups is 1. The fraction of sp³-hybridized carbons (Fsp3) is 0.318. The summed E-state index contributed by atoms with van der Waals surface area (Å²) < 4.78 is 60.7. The van der Waals surface area contributed by atoms with Gasteiger partial charge in [-0.15, -0.1) is 0 Å². The summed E-state index contributed by atoms with van der Waals surface area (Å²) in [5.41, 5.74) is 3.10. The highest BCUT2D eigenvalue weighted by Gasteiger charge is 2.27. The first-order valence-corrected chi connectivity index (χ1v) is 12.8. The molecule has 0 aliphatic carbocycles. The van der Waals surface area contributed by atoms with E-state index in [0.717, 1.165) is 5.56 Å². The molecule has 0 saturated carbocycles. The van der Waals surface area contributed by atoms with Gasteiger partial charge in [-0.1, -0.05) is 17.3 Å². The molecule has 0 bridgehead atoms. The van der Waals surface area contributed by atoms with E-state index in [2.05, 4.69) is 20.8 Å². The van der Waals surface area contributed by atoms with Gasteiger partial charge in [0.2, 0.25) is 0 Å². The van der Waals surface area contributed by atoms with Gasteiger partial charge in [-0.3, -0.25) is 4.40 Å². The maximum absolute atomic E-state index is 12.3. The van der Waals surface area contributed by atoms with Crippen molar-refractivity contribution >= 4 is 33.4 Å². The highest BCUT2D eigenvalue weighted by Crippen LogP contribution is 2.24. The van der Waals surface area contributed by atoms with E-state index in [4.69, 9.17) is 4.84 Å². The average Bonchev–Trinajstić information content (AvgIpc) is 3.22. The first-order chi connectivity index (χ1) is 17.0. The molecule has 0 atom stereocenters. The van der Waals surface area contributed by atoms with Gasteiger partial charge in [-0.25, -0.2) is 18.2 Å². The van der Waals surface area contributed by atoms with Crippen LogP contribution in [0.25, 0.3) is 16.9 Å². The standard InChI is InChI=1S/C22H25F3N6O4S/c1-36(33,34)10-7-26-6-9-35-29-13-16-5-8-31-19(14-27-20(31)11-16)17-3-2-4-18(12-17)30-21(32)28-15-22(23,24)25/h2-5,8,11-14,26H,6-7,9-10,15H2,1H3,(H2,28,30,32)/b29-13+. The molecule has 2 amide bonds. The first-order valence-electron chi connectivity index (χ1n) is 10.7. The predicted octanol–water partition coefficient (Wildman–Crippen LogP) is 2.67. The molecule has 0 saturated heterocycles. The van der Waals surface area contributed by atoms with Crippen molar-refractivity contribution in [2.45, 2.75) is 6.18 Å². The zero-order chi connectivity index (χ0) is 26.2. The minimum absolute atomic E-state index is 0.0562. The zero-order valence-corrected chi connectivity index (χ0v) is 20.1. The van der Waals surface area contributed by atoms with Crippen LogP contribution in [-0.4, -0.2) is 74.5 Å². The van der Waals surface area contributed by atoms with E-state index < -0.39 is 28.6 Å². The Morgan fingerprint density at radius 1 is 1.22 bits per heavy atom. The van der Waals surface area contributed by atoms with Crippen molar-refractivity contribution in [3.8, 4) is 11.3 Å². The summed E-state index contributed by atoms with van der Waals surface area (Å²) in [6, 6.07) is 9.27. The topological polar surface area (TPSA) is 126 Å². The van der Waals surface area contributed by atoms with Crippen LogP contribution in [0, 0.1) is 0 Å². The van der Waals surface area contributed by atoms with Crippen LogP contribution in [0.15, 0.2) is 53.9 Å². The summed E-state index contributed by atoms with van der Waals surface area (Å²) in [6.07, 6.45) is 1.62. The van der Waals surface area contributed by atoms with Gasteiger partial charge >= 0.3 is 12.2 Å². The van der Waals surface area contributed by atoms with Crippen LogP contribution < -0.4 is 16.0 Å². The van der Waals surface area contributed by atoms with Gasteiger partial charge in [-0.05, 0) is 24.3 Å². The van der Waals surface area contributed by atoms with Gasteiger partial charge in [0, 0.05) is 42.4 Å². The average molecular weight is 527 g/mol. The number of aromatic nitrogens is 2. The third-order valence-corrected chi connectivity index (χ3v) is 5.64. The number of hydrogen-bond acceptors (Lipinski definition) is 7. The number of alkyl halides is 3. The molecule has 2 heterocycles. The molecule has 0 fully saturated rings. The lowest BCUT2D eigenvalue weighted by Gasteiger charge is -2.10. The van der Waals surface area contributed by atoms with E-state index in [0.29, 0.717) is 35.7 Å². The van der Waals surface area contributed by atoms with Crippen LogP contribution in [0.4, 0.5) is 23.7 Å². The van der Waals surface area contributed by atoms with Crippen molar-refractivity contribution in [3.63, 3.8) is 0 Å². The fourth-order valence-corrected chi connectivity index (χ4v) is 3.57. The number of imidazole rings is 1. The molecule has 3 N–H and O–H groups in total. The van der Waals surface area contributed by atoms with Crippen molar-refractivity contribution < 1.29 is 31.2 Å². The number of oxime groups is 1. The molecule has 0 radical (unpaired) electrons. The molecular formula is C22H25F3N6O4S. The van der Waals surface area contributed by atoms with Gasteiger partial charge in [0.1, 0.15) is 28.6 Å². The monoisotopic (exact) mass is 526 g/mol. The molecule has 10 nitrogen and oxygen atoms in total. The molecule has 1 aromatic carbocycles. The number of nitrogens with one attached hydrogen (secondary N) is 3. The predicted molar refractivity (Wildman–Crippen MR) is 130 cm³/mol. The van der Waals surface area contributed by atoms with E-state index in [-0.39, 0.29) is 12.4 Å². The summed E-state index contributed by atoms with van der Waals surface area (Å²) >= 11 is 0. The number of carbonyl (C=O) groups excluding carboxylic acids is 1. The molecule has 36 heavy (non-hydrogen) atoms. The maximum atomic E-state index is 12.3. The largest absolute Gasteiger partial charge is 0.405 e. The second-order valence-corrected chi connectivity index (χ2v) is 10.0. The molecule has 0 spiro atoms. The van der Waals surface area contributed by atoms with E-state index in [9.17, 15) is 26.4 Å². The van der Waals surface area contributed by atoms with Crippen molar-refractivity contribution in [2.75, 3.05) is 43.6 Å². The minimum atomic E-state index is -4.50. The number of amides is 2. The molecule has 0 aliphatic heterocycles. The number of sulfone groups is 1. The van der Waals surface area contributed by atoms with Crippen LogP contribution in [0.2, 0.25) is 0 Å². The number of benzene rings is 1.